The molecule has 12 heavy (non-hydrogen) atoms. The van der Waals surface area contributed by atoms with Gasteiger partial charge in [0.25, 0.3) is 0 Å². The molecule has 0 bridgehead atoms. The van der Waals surface area contributed by atoms with Gasteiger partial charge in [0.2, 0.25) is 0 Å². The summed E-state index contributed by atoms with van der Waals surface area (Å²) in [7, 11) is 0. The fourth-order valence-electron chi connectivity index (χ4n) is 0.779. The lowest BCUT2D eigenvalue weighted by atomic mass is 10.2. The summed E-state index contributed by atoms with van der Waals surface area (Å²) in [6.45, 7) is 2.69. The highest BCUT2D eigenvalue weighted by molar-refractivity contribution is 5.66. The third-order valence-electron chi connectivity index (χ3n) is 1.52. The Morgan fingerprint density at radius 3 is 2.83 bits per heavy atom. The minimum Gasteiger partial charge on any atom is -0.481 e. The van der Waals surface area contributed by atoms with E-state index in [-0.39, 0.29) is 12.5 Å². The van der Waals surface area contributed by atoms with Gasteiger partial charge < -0.3 is 10.4 Å². The highest BCUT2D eigenvalue weighted by Gasteiger charge is 1.97. The molecule has 0 aliphatic carbocycles. The van der Waals surface area contributed by atoms with E-state index in [4.69, 9.17) is 11.5 Å². The number of rotatable bonds is 6. The van der Waals surface area contributed by atoms with Crippen molar-refractivity contribution < 1.29 is 9.90 Å². The molecule has 1 atom stereocenters. The molecule has 0 aliphatic heterocycles. The van der Waals surface area contributed by atoms with Crippen molar-refractivity contribution in [1.82, 2.24) is 5.32 Å². The zero-order chi connectivity index (χ0) is 9.40. The quantitative estimate of drug-likeness (QED) is 0.458. The van der Waals surface area contributed by atoms with Crippen LogP contribution < -0.4 is 5.32 Å². The smallest absolute Gasteiger partial charge is 0.303 e. The van der Waals surface area contributed by atoms with E-state index in [1.807, 2.05) is 6.92 Å². The maximum Gasteiger partial charge on any atom is 0.303 e. The van der Waals surface area contributed by atoms with Gasteiger partial charge in [0.1, 0.15) is 0 Å². The van der Waals surface area contributed by atoms with E-state index in [9.17, 15) is 4.79 Å². The van der Waals surface area contributed by atoms with Gasteiger partial charge in [-0.05, 0) is 26.3 Å². The lowest BCUT2D eigenvalue weighted by Crippen LogP contribution is -2.25. The predicted molar refractivity (Wildman–Crippen MR) is 47.8 cm³/mol. The molecule has 2 N–H and O–H groups in total. The zero-order valence-electron chi connectivity index (χ0n) is 7.34. The van der Waals surface area contributed by atoms with Crippen LogP contribution in [0, 0.1) is 12.3 Å². The standard InChI is InChI=1S/C9H15NO2/c1-3-8(2)10-7-5-4-6-9(11)12/h1,8,10H,4-7H2,2H3,(H,11,12). The van der Waals surface area contributed by atoms with Crippen LogP contribution in [0.25, 0.3) is 0 Å². The lowest BCUT2D eigenvalue weighted by molar-refractivity contribution is -0.137. The fraction of sp³-hybridized carbons (Fsp3) is 0.667. The Labute approximate surface area is 73.2 Å². The Balaban J connectivity index is 3.12. The first-order chi connectivity index (χ1) is 5.66. The minimum atomic E-state index is -0.736. The third-order valence-corrected chi connectivity index (χ3v) is 1.52. The van der Waals surface area contributed by atoms with E-state index < -0.39 is 5.97 Å². The summed E-state index contributed by atoms with van der Waals surface area (Å²) < 4.78 is 0. The third kappa shape index (κ3) is 7.10. The molecular formula is C9H15NO2. The van der Waals surface area contributed by atoms with E-state index in [1.54, 1.807) is 0 Å². The molecule has 0 aromatic rings. The Morgan fingerprint density at radius 2 is 2.33 bits per heavy atom. The van der Waals surface area contributed by atoms with Crippen molar-refractivity contribution in [2.45, 2.75) is 32.2 Å². The number of hydrogen-bond donors (Lipinski definition) is 2. The van der Waals surface area contributed by atoms with E-state index in [0.717, 1.165) is 13.0 Å². The number of hydrogen-bond acceptors (Lipinski definition) is 2. The van der Waals surface area contributed by atoms with Crippen molar-refractivity contribution in [3.8, 4) is 12.3 Å². The molecule has 0 saturated carbocycles. The second-order valence-electron chi connectivity index (χ2n) is 2.69. The summed E-state index contributed by atoms with van der Waals surface area (Å²) >= 11 is 0. The van der Waals surface area contributed by atoms with Gasteiger partial charge in [-0.3, -0.25) is 4.79 Å². The number of carboxylic acids is 1. The van der Waals surface area contributed by atoms with Gasteiger partial charge in [-0.15, -0.1) is 6.42 Å². The van der Waals surface area contributed by atoms with Gasteiger partial charge >= 0.3 is 5.97 Å². The van der Waals surface area contributed by atoms with Crippen molar-refractivity contribution in [1.29, 1.82) is 0 Å². The minimum absolute atomic E-state index is 0.0785. The molecule has 0 radical (unpaired) electrons. The van der Waals surface area contributed by atoms with E-state index in [2.05, 4.69) is 11.2 Å². The van der Waals surface area contributed by atoms with Crippen LogP contribution in [0.15, 0.2) is 0 Å². The van der Waals surface area contributed by atoms with Crippen LogP contribution in [0.4, 0.5) is 0 Å². The summed E-state index contributed by atoms with van der Waals surface area (Å²) in [5, 5.41) is 11.4. The van der Waals surface area contributed by atoms with Crippen LogP contribution in [-0.4, -0.2) is 23.7 Å². The number of aliphatic carboxylic acids is 1. The monoisotopic (exact) mass is 169 g/mol. The van der Waals surface area contributed by atoms with E-state index in [0.29, 0.717) is 6.42 Å². The Bertz CT molecular complexity index is 172. The van der Waals surface area contributed by atoms with Gasteiger partial charge in [0.05, 0.1) is 6.04 Å². The molecule has 1 unspecified atom stereocenters. The zero-order valence-corrected chi connectivity index (χ0v) is 7.34. The molecule has 0 amide bonds. The highest BCUT2D eigenvalue weighted by Crippen LogP contribution is 1.93. The van der Waals surface area contributed by atoms with Gasteiger partial charge in [-0.25, -0.2) is 0 Å². The average Bonchev–Trinajstić information content (AvgIpc) is 2.03. The van der Waals surface area contributed by atoms with Crippen molar-refractivity contribution in [3.63, 3.8) is 0 Å². The van der Waals surface area contributed by atoms with Crippen molar-refractivity contribution in [2.24, 2.45) is 0 Å². The Morgan fingerprint density at radius 1 is 1.67 bits per heavy atom. The molecule has 0 saturated heterocycles. The molecule has 0 heterocycles. The van der Waals surface area contributed by atoms with Crippen LogP contribution in [0.3, 0.4) is 0 Å². The summed E-state index contributed by atoms with van der Waals surface area (Å²) in [5.74, 6) is 1.80. The van der Waals surface area contributed by atoms with E-state index in [1.165, 1.54) is 0 Å². The number of terminal acetylenes is 1. The topological polar surface area (TPSA) is 49.3 Å². The van der Waals surface area contributed by atoms with Crippen LogP contribution >= 0.6 is 0 Å². The molecule has 0 aliphatic rings. The van der Waals surface area contributed by atoms with Crippen LogP contribution in [0.2, 0.25) is 0 Å². The van der Waals surface area contributed by atoms with Gasteiger partial charge in [0, 0.05) is 6.42 Å². The van der Waals surface area contributed by atoms with Crippen LogP contribution in [-0.2, 0) is 4.79 Å². The molecule has 3 nitrogen and oxygen atoms in total. The van der Waals surface area contributed by atoms with E-state index >= 15 is 0 Å². The number of carbonyl (C=O) groups is 1. The molecular weight excluding hydrogens is 154 g/mol. The van der Waals surface area contributed by atoms with Crippen molar-refractivity contribution >= 4 is 5.97 Å². The summed E-state index contributed by atoms with van der Waals surface area (Å²) in [6.07, 6.45) is 6.94. The molecule has 3 heteroatoms. The molecule has 0 aromatic heterocycles. The SMILES string of the molecule is C#CC(C)NCCCCC(=O)O. The lowest BCUT2D eigenvalue weighted by Gasteiger charge is -2.05. The number of unbranched alkanes of at least 4 members (excludes halogenated alkanes) is 1. The molecule has 68 valence electrons. The second-order valence-corrected chi connectivity index (χ2v) is 2.69. The molecule has 0 fully saturated rings. The summed E-state index contributed by atoms with van der Waals surface area (Å²) in [5.41, 5.74) is 0. The Hall–Kier alpha value is -1.01. The number of carboxylic acid groups (broad SMARTS) is 1. The normalized spacial score (nSPS) is 12.0. The van der Waals surface area contributed by atoms with Crippen LogP contribution in [0.1, 0.15) is 26.2 Å². The average molecular weight is 169 g/mol. The first-order valence-corrected chi connectivity index (χ1v) is 4.08. The predicted octanol–water partition coefficient (Wildman–Crippen LogP) is 0.853. The maximum atomic E-state index is 10.1. The van der Waals surface area contributed by atoms with Gasteiger partial charge in [-0.2, -0.15) is 0 Å². The van der Waals surface area contributed by atoms with Crippen LogP contribution in [0.5, 0.6) is 0 Å². The fourth-order valence-corrected chi connectivity index (χ4v) is 0.779. The van der Waals surface area contributed by atoms with Crippen molar-refractivity contribution in [2.75, 3.05) is 6.54 Å². The van der Waals surface area contributed by atoms with Crippen molar-refractivity contribution in [3.05, 3.63) is 0 Å². The Kier molecular flexibility index (Phi) is 6.12. The highest BCUT2D eigenvalue weighted by atomic mass is 16.4. The summed E-state index contributed by atoms with van der Waals surface area (Å²) in [6, 6.07) is 0.0785. The second kappa shape index (κ2) is 6.68. The molecule has 0 rings (SSSR count). The van der Waals surface area contributed by atoms with Gasteiger partial charge in [0.15, 0.2) is 0 Å². The summed E-state index contributed by atoms with van der Waals surface area (Å²) in [4.78, 5) is 10.1. The molecule has 0 aromatic carbocycles. The van der Waals surface area contributed by atoms with Gasteiger partial charge in [-0.1, -0.05) is 5.92 Å². The molecule has 0 spiro atoms. The number of nitrogens with one attached hydrogen (secondary N) is 1. The largest absolute Gasteiger partial charge is 0.481 e. The first-order valence-electron chi connectivity index (χ1n) is 4.08. The maximum absolute atomic E-state index is 10.1. The first kappa shape index (κ1) is 11.0.